The summed E-state index contributed by atoms with van der Waals surface area (Å²) in [6.07, 6.45) is -1.09. The molecule has 2 atom stereocenters. The van der Waals surface area contributed by atoms with E-state index in [-0.39, 0.29) is 36.6 Å². The monoisotopic (exact) mass is 675 g/mol. The van der Waals surface area contributed by atoms with Gasteiger partial charge in [0.2, 0.25) is 5.91 Å². The zero-order valence-corrected chi connectivity index (χ0v) is 29.2. The standard InChI is InChI=1S/C33H45N3O10S/c1-31(2,3)44-29(41)23-20-15-16-43-22(24(20)47-27(23)36(26(38)28(39)40)46-33(7,8)9)18-34-25(37)21(17-19-13-11-10-12-14-19)35-30(42)45-32(4,5)6/h10-14,21-22H,15-18H2,1-9H3,(H,34,37)(H,35,42)(H,39,40)/t21-,22?/m1/s1. The molecule has 0 radical (unpaired) electrons. The van der Waals surface area contributed by atoms with Gasteiger partial charge in [-0.05, 0) is 79.9 Å². The fourth-order valence-corrected chi connectivity index (χ4v) is 5.88. The number of esters is 1. The van der Waals surface area contributed by atoms with Crippen LogP contribution in [0.1, 0.15) is 94.8 Å². The van der Waals surface area contributed by atoms with E-state index < -0.39 is 58.8 Å². The van der Waals surface area contributed by atoms with Gasteiger partial charge in [-0.25, -0.2) is 14.4 Å². The molecular formula is C33H45N3O10S. The predicted molar refractivity (Wildman–Crippen MR) is 174 cm³/mol. The zero-order valence-electron chi connectivity index (χ0n) is 28.3. The van der Waals surface area contributed by atoms with Crippen molar-refractivity contribution < 1.29 is 48.1 Å². The molecule has 0 saturated carbocycles. The van der Waals surface area contributed by atoms with Crippen LogP contribution < -0.4 is 15.7 Å². The maximum absolute atomic E-state index is 13.6. The van der Waals surface area contributed by atoms with Crippen LogP contribution in [0.4, 0.5) is 9.80 Å². The van der Waals surface area contributed by atoms with Crippen molar-refractivity contribution in [2.45, 2.75) is 104 Å². The minimum absolute atomic E-state index is 0.00746. The largest absolute Gasteiger partial charge is 0.474 e. The number of nitrogens with zero attached hydrogens (tertiary/aromatic N) is 1. The van der Waals surface area contributed by atoms with Crippen LogP contribution in [0.25, 0.3) is 0 Å². The Balaban J connectivity index is 1.97. The second-order valence-electron chi connectivity index (χ2n) is 14.0. The predicted octanol–water partition coefficient (Wildman–Crippen LogP) is 4.72. The number of aliphatic carboxylic acids is 1. The van der Waals surface area contributed by atoms with Gasteiger partial charge in [0.05, 0.1) is 12.2 Å². The molecule has 0 bridgehead atoms. The quantitative estimate of drug-likeness (QED) is 0.192. The highest BCUT2D eigenvalue weighted by atomic mass is 32.1. The summed E-state index contributed by atoms with van der Waals surface area (Å²) in [5, 5.41) is 15.6. The van der Waals surface area contributed by atoms with Gasteiger partial charge >= 0.3 is 23.9 Å². The van der Waals surface area contributed by atoms with Crippen molar-refractivity contribution >= 4 is 46.2 Å². The average molecular weight is 676 g/mol. The highest BCUT2D eigenvalue weighted by molar-refractivity contribution is 7.17. The first-order chi connectivity index (χ1) is 21.6. The van der Waals surface area contributed by atoms with Crippen LogP contribution in [-0.4, -0.2) is 70.9 Å². The molecule has 47 heavy (non-hydrogen) atoms. The second-order valence-corrected chi connectivity index (χ2v) is 15.0. The molecule has 1 aliphatic rings. The number of hydrogen-bond acceptors (Lipinski definition) is 10. The molecule has 3 rings (SSSR count). The topological polar surface area (TPSA) is 170 Å². The van der Waals surface area contributed by atoms with Gasteiger partial charge in [0.1, 0.15) is 33.9 Å². The van der Waals surface area contributed by atoms with Crippen LogP contribution in [0.15, 0.2) is 30.3 Å². The Hall–Kier alpha value is -4.01. The fourth-order valence-electron chi connectivity index (χ4n) is 4.55. The van der Waals surface area contributed by atoms with Gasteiger partial charge in [0, 0.05) is 17.8 Å². The van der Waals surface area contributed by atoms with Crippen LogP contribution >= 0.6 is 11.3 Å². The highest BCUT2D eigenvalue weighted by Crippen LogP contribution is 2.44. The molecule has 0 saturated heterocycles. The van der Waals surface area contributed by atoms with Crippen molar-refractivity contribution in [3.63, 3.8) is 0 Å². The van der Waals surface area contributed by atoms with E-state index in [0.29, 0.717) is 15.5 Å². The number of hydrogen-bond donors (Lipinski definition) is 3. The summed E-state index contributed by atoms with van der Waals surface area (Å²) in [7, 11) is 0. The summed E-state index contributed by atoms with van der Waals surface area (Å²) in [5.41, 5.74) is -1.39. The number of alkyl carbamates (subject to hydrolysis) is 1. The number of amides is 3. The zero-order chi connectivity index (χ0) is 35.3. The van der Waals surface area contributed by atoms with Gasteiger partial charge < -0.3 is 30.0 Å². The van der Waals surface area contributed by atoms with E-state index in [9.17, 15) is 29.1 Å². The summed E-state index contributed by atoms with van der Waals surface area (Å²) >= 11 is 0.948. The molecule has 14 heteroatoms. The van der Waals surface area contributed by atoms with Crippen molar-refractivity contribution in [2.75, 3.05) is 18.2 Å². The lowest BCUT2D eigenvalue weighted by Gasteiger charge is -2.28. The van der Waals surface area contributed by atoms with Crippen molar-refractivity contribution in [1.82, 2.24) is 10.6 Å². The number of carbonyl (C=O) groups excluding carboxylic acids is 4. The van der Waals surface area contributed by atoms with Crippen LogP contribution in [0.3, 0.4) is 0 Å². The molecule has 1 aromatic heterocycles. The number of anilines is 1. The molecule has 1 unspecified atom stereocenters. The van der Waals surface area contributed by atoms with E-state index in [0.717, 1.165) is 16.9 Å². The minimum Gasteiger partial charge on any atom is -0.474 e. The summed E-state index contributed by atoms with van der Waals surface area (Å²) in [6.45, 7) is 15.2. The van der Waals surface area contributed by atoms with E-state index >= 15 is 0 Å². The van der Waals surface area contributed by atoms with E-state index in [2.05, 4.69) is 10.6 Å². The summed E-state index contributed by atoms with van der Waals surface area (Å²) < 4.78 is 17.1. The number of thiophene rings is 1. The molecule has 2 heterocycles. The summed E-state index contributed by atoms with van der Waals surface area (Å²) in [5.74, 6) is -4.44. The molecule has 2 aromatic rings. The first kappa shape index (κ1) is 37.4. The SMILES string of the molecule is CC(C)(C)OC(=O)N[C@H](Cc1ccccc1)C(=O)NCC1OCCc2c1sc(N(OC(C)(C)C)C(=O)C(=O)O)c2C(=O)OC(C)(C)C. The maximum Gasteiger partial charge on any atom is 0.408 e. The van der Waals surface area contributed by atoms with Crippen molar-refractivity contribution in [1.29, 1.82) is 0 Å². The number of rotatable bonds is 9. The smallest absolute Gasteiger partial charge is 0.408 e. The molecule has 258 valence electrons. The molecule has 3 amide bonds. The first-order valence-corrected chi connectivity index (χ1v) is 16.0. The van der Waals surface area contributed by atoms with Crippen LogP contribution in [0.2, 0.25) is 0 Å². The molecular weight excluding hydrogens is 630 g/mol. The Labute approximate surface area is 278 Å². The lowest BCUT2D eigenvalue weighted by Crippen LogP contribution is -2.50. The van der Waals surface area contributed by atoms with Crippen LogP contribution in [-0.2, 0) is 46.3 Å². The van der Waals surface area contributed by atoms with E-state index in [1.807, 2.05) is 30.3 Å². The van der Waals surface area contributed by atoms with Gasteiger partial charge in [-0.1, -0.05) is 30.3 Å². The molecule has 13 nitrogen and oxygen atoms in total. The maximum atomic E-state index is 13.6. The van der Waals surface area contributed by atoms with Crippen molar-refractivity contribution in [2.24, 2.45) is 0 Å². The van der Waals surface area contributed by atoms with Gasteiger partial charge in [-0.2, -0.15) is 5.06 Å². The molecule has 1 aromatic carbocycles. The van der Waals surface area contributed by atoms with Crippen molar-refractivity contribution in [3.8, 4) is 0 Å². The molecule has 0 aliphatic carbocycles. The molecule has 0 spiro atoms. The number of nitrogens with one attached hydrogen (secondary N) is 2. The van der Waals surface area contributed by atoms with Gasteiger partial charge in [0.15, 0.2) is 0 Å². The van der Waals surface area contributed by atoms with Gasteiger partial charge in [0.25, 0.3) is 0 Å². The fraction of sp³-hybridized carbons (Fsp3) is 0.545. The number of benzene rings is 1. The normalized spacial score (nSPS) is 15.6. The Morgan fingerprint density at radius 1 is 0.957 bits per heavy atom. The number of carbonyl (C=O) groups is 5. The average Bonchev–Trinajstić information content (AvgIpc) is 3.32. The lowest BCUT2D eigenvalue weighted by molar-refractivity contribution is -0.155. The van der Waals surface area contributed by atoms with Crippen LogP contribution in [0, 0.1) is 0 Å². The molecule has 0 fully saturated rings. The van der Waals surface area contributed by atoms with Crippen LogP contribution in [0.5, 0.6) is 0 Å². The number of hydroxylamine groups is 1. The lowest BCUT2D eigenvalue weighted by atomic mass is 10.0. The van der Waals surface area contributed by atoms with Crippen molar-refractivity contribution in [3.05, 3.63) is 51.9 Å². The Kier molecular flexibility index (Phi) is 11.8. The summed E-state index contributed by atoms with van der Waals surface area (Å²) in [4.78, 5) is 70.8. The minimum atomic E-state index is -1.78. The number of fused-ring (bicyclic) bond motifs is 1. The van der Waals surface area contributed by atoms with Gasteiger partial charge in [-0.3, -0.25) is 14.4 Å². The third-order valence-corrected chi connectivity index (χ3v) is 7.55. The number of carboxylic acid groups (broad SMARTS) is 1. The summed E-state index contributed by atoms with van der Waals surface area (Å²) in [6, 6.07) is 8.18. The number of carboxylic acids is 1. The first-order valence-electron chi connectivity index (χ1n) is 15.2. The Morgan fingerprint density at radius 3 is 2.13 bits per heavy atom. The Morgan fingerprint density at radius 2 is 1.57 bits per heavy atom. The molecule has 3 N–H and O–H groups in total. The number of ether oxygens (including phenoxy) is 3. The molecule has 1 aliphatic heterocycles. The van der Waals surface area contributed by atoms with E-state index in [1.165, 1.54) is 0 Å². The van der Waals surface area contributed by atoms with E-state index in [1.54, 1.807) is 62.3 Å². The van der Waals surface area contributed by atoms with E-state index in [4.69, 9.17) is 19.0 Å². The third kappa shape index (κ3) is 11.0. The third-order valence-electron chi connectivity index (χ3n) is 6.26. The second kappa shape index (κ2) is 14.8. The Bertz CT molecular complexity index is 1470. The van der Waals surface area contributed by atoms with Gasteiger partial charge in [-0.15, -0.1) is 11.3 Å². The highest BCUT2D eigenvalue weighted by Gasteiger charge is 2.40.